The maximum atomic E-state index is 12.5. The molecule has 6 nitrogen and oxygen atoms in total. The van der Waals surface area contributed by atoms with Crippen molar-refractivity contribution in [3.8, 4) is 11.5 Å². The molecule has 0 aliphatic carbocycles. The van der Waals surface area contributed by atoms with Gasteiger partial charge in [0.05, 0.1) is 12.2 Å². The van der Waals surface area contributed by atoms with Crippen LogP contribution in [0.4, 0.5) is 5.69 Å². The molecule has 0 unspecified atom stereocenters. The molecule has 0 radical (unpaired) electrons. The van der Waals surface area contributed by atoms with Crippen molar-refractivity contribution < 1.29 is 19.1 Å². The van der Waals surface area contributed by atoms with E-state index in [1.807, 2.05) is 31.2 Å². The summed E-state index contributed by atoms with van der Waals surface area (Å²) in [5, 5.41) is 2.71. The molecule has 1 N–H and O–H groups in total. The van der Waals surface area contributed by atoms with Crippen LogP contribution in [0.2, 0.25) is 0 Å². The van der Waals surface area contributed by atoms with E-state index in [1.165, 1.54) is 0 Å². The fourth-order valence-corrected chi connectivity index (χ4v) is 2.55. The lowest BCUT2D eigenvalue weighted by atomic mass is 10.1. The zero-order valence-electron chi connectivity index (χ0n) is 14.2. The van der Waals surface area contributed by atoms with Crippen LogP contribution in [0.15, 0.2) is 42.5 Å². The molecule has 2 aromatic rings. The Hall–Kier alpha value is -3.02. The average molecular weight is 340 g/mol. The quantitative estimate of drug-likeness (QED) is 0.908. The molecule has 2 aromatic carbocycles. The second-order valence-corrected chi connectivity index (χ2v) is 5.89. The molecule has 0 spiro atoms. The van der Waals surface area contributed by atoms with Crippen molar-refractivity contribution in [3.63, 3.8) is 0 Å². The lowest BCUT2D eigenvalue weighted by molar-refractivity contribution is -0.118. The highest BCUT2D eigenvalue weighted by Crippen LogP contribution is 2.28. The zero-order valence-corrected chi connectivity index (χ0v) is 14.2. The number of nitrogens with one attached hydrogen (secondary N) is 1. The molecule has 1 aliphatic heterocycles. The van der Waals surface area contributed by atoms with Crippen molar-refractivity contribution >= 4 is 17.5 Å². The van der Waals surface area contributed by atoms with E-state index >= 15 is 0 Å². The first-order chi connectivity index (χ1) is 12.0. The Morgan fingerprint density at radius 1 is 1.28 bits per heavy atom. The molecule has 1 aliphatic rings. The number of likely N-dealkylation sites (N-methyl/N-ethyl adjacent to an activating group) is 1. The molecule has 25 heavy (non-hydrogen) atoms. The van der Waals surface area contributed by atoms with Crippen LogP contribution in [0.1, 0.15) is 15.9 Å². The van der Waals surface area contributed by atoms with Gasteiger partial charge >= 0.3 is 0 Å². The van der Waals surface area contributed by atoms with Gasteiger partial charge < -0.3 is 19.7 Å². The van der Waals surface area contributed by atoms with Gasteiger partial charge in [-0.15, -0.1) is 0 Å². The van der Waals surface area contributed by atoms with E-state index in [1.54, 1.807) is 30.1 Å². The largest absolute Gasteiger partial charge is 0.491 e. The molecular formula is C19H20N2O4. The minimum Gasteiger partial charge on any atom is -0.491 e. The minimum absolute atomic E-state index is 0.00353. The minimum atomic E-state index is -0.225. The van der Waals surface area contributed by atoms with Crippen molar-refractivity contribution in [1.82, 2.24) is 4.90 Å². The van der Waals surface area contributed by atoms with Crippen molar-refractivity contribution in [2.24, 2.45) is 0 Å². The third-order valence-corrected chi connectivity index (χ3v) is 3.98. The van der Waals surface area contributed by atoms with Crippen LogP contribution in [0, 0.1) is 6.92 Å². The van der Waals surface area contributed by atoms with Crippen LogP contribution in [0.5, 0.6) is 11.5 Å². The number of aryl methyl sites for hydroxylation is 1. The Balaban J connectivity index is 1.60. The van der Waals surface area contributed by atoms with Crippen LogP contribution >= 0.6 is 0 Å². The summed E-state index contributed by atoms with van der Waals surface area (Å²) in [4.78, 5) is 25.5. The molecule has 0 bridgehead atoms. The van der Waals surface area contributed by atoms with E-state index in [2.05, 4.69) is 5.32 Å². The van der Waals surface area contributed by atoms with Crippen molar-refractivity contribution in [3.05, 3.63) is 53.6 Å². The third kappa shape index (κ3) is 3.91. The highest BCUT2D eigenvalue weighted by Gasteiger charge is 2.19. The molecular weight excluding hydrogens is 320 g/mol. The molecule has 0 saturated heterocycles. The Morgan fingerprint density at radius 3 is 2.88 bits per heavy atom. The summed E-state index contributed by atoms with van der Waals surface area (Å²) >= 11 is 0. The predicted molar refractivity (Wildman–Crippen MR) is 94.2 cm³/mol. The lowest BCUT2D eigenvalue weighted by Crippen LogP contribution is -2.31. The number of ether oxygens (including phenoxy) is 2. The fourth-order valence-electron chi connectivity index (χ4n) is 2.55. The van der Waals surface area contributed by atoms with Gasteiger partial charge in [-0.1, -0.05) is 18.2 Å². The highest BCUT2D eigenvalue weighted by molar-refractivity contribution is 5.99. The third-order valence-electron chi connectivity index (χ3n) is 3.98. The Labute approximate surface area is 146 Å². The van der Waals surface area contributed by atoms with Gasteiger partial charge in [0, 0.05) is 12.6 Å². The van der Waals surface area contributed by atoms with Gasteiger partial charge in [-0.3, -0.25) is 9.59 Å². The number of amides is 2. The van der Waals surface area contributed by atoms with Gasteiger partial charge in [-0.25, -0.2) is 0 Å². The number of hydrogen-bond donors (Lipinski definition) is 1. The smallest absolute Gasteiger partial charge is 0.262 e. The molecule has 0 saturated carbocycles. The molecule has 1 heterocycles. The molecule has 6 heteroatoms. The maximum Gasteiger partial charge on any atom is 0.262 e. The normalized spacial score (nSPS) is 12.6. The zero-order chi connectivity index (χ0) is 17.8. The van der Waals surface area contributed by atoms with E-state index in [9.17, 15) is 9.59 Å². The summed E-state index contributed by atoms with van der Waals surface area (Å²) in [7, 11) is 1.72. The van der Waals surface area contributed by atoms with Gasteiger partial charge in [0.25, 0.3) is 11.8 Å². The van der Waals surface area contributed by atoms with Crippen LogP contribution in [0.3, 0.4) is 0 Å². The van der Waals surface area contributed by atoms with Gasteiger partial charge in [0.1, 0.15) is 18.1 Å². The second-order valence-electron chi connectivity index (χ2n) is 5.89. The first-order valence-electron chi connectivity index (χ1n) is 8.05. The van der Waals surface area contributed by atoms with Crippen LogP contribution < -0.4 is 14.8 Å². The number of para-hydroxylation sites is 1. The van der Waals surface area contributed by atoms with Crippen molar-refractivity contribution in [2.45, 2.75) is 6.92 Å². The maximum absolute atomic E-state index is 12.5. The number of benzene rings is 2. The number of fused-ring (bicyclic) bond motifs is 1. The van der Waals surface area contributed by atoms with E-state index in [0.717, 1.165) is 11.3 Å². The standard InChI is InChI=1S/C19H20N2O4/c1-13-5-3-4-6-16(13)24-10-9-21(2)19(23)14-7-8-17-15(11-14)20-18(22)12-25-17/h3-8,11H,9-10,12H2,1-2H3,(H,20,22). The number of carbonyl (C=O) groups is 2. The molecule has 130 valence electrons. The number of rotatable bonds is 5. The molecule has 0 aromatic heterocycles. The van der Waals surface area contributed by atoms with Gasteiger partial charge in [-0.05, 0) is 36.8 Å². The lowest BCUT2D eigenvalue weighted by Gasteiger charge is -2.21. The Morgan fingerprint density at radius 2 is 2.08 bits per heavy atom. The Bertz CT molecular complexity index is 804. The molecule has 2 amide bonds. The topological polar surface area (TPSA) is 67.9 Å². The summed E-state index contributed by atoms with van der Waals surface area (Å²) in [5.74, 6) is 1.02. The van der Waals surface area contributed by atoms with Crippen molar-refractivity contribution in [2.75, 3.05) is 32.1 Å². The average Bonchev–Trinajstić information content (AvgIpc) is 2.62. The first-order valence-corrected chi connectivity index (χ1v) is 8.05. The fraction of sp³-hybridized carbons (Fsp3) is 0.263. The molecule has 3 rings (SSSR count). The van der Waals surface area contributed by atoms with Gasteiger partial charge in [0.2, 0.25) is 0 Å². The number of anilines is 1. The SMILES string of the molecule is Cc1ccccc1OCCN(C)C(=O)c1ccc2c(c1)NC(=O)CO2. The molecule has 0 atom stereocenters. The highest BCUT2D eigenvalue weighted by atomic mass is 16.5. The summed E-state index contributed by atoms with van der Waals surface area (Å²) < 4.78 is 11.0. The van der Waals surface area contributed by atoms with Crippen LogP contribution in [-0.2, 0) is 4.79 Å². The van der Waals surface area contributed by atoms with Crippen molar-refractivity contribution in [1.29, 1.82) is 0 Å². The molecule has 0 fully saturated rings. The van der Waals surface area contributed by atoms with E-state index in [0.29, 0.717) is 30.2 Å². The van der Waals surface area contributed by atoms with E-state index in [4.69, 9.17) is 9.47 Å². The summed E-state index contributed by atoms with van der Waals surface area (Å²) in [6.07, 6.45) is 0. The van der Waals surface area contributed by atoms with E-state index in [-0.39, 0.29) is 18.4 Å². The Kier molecular flexibility index (Phi) is 4.88. The summed E-state index contributed by atoms with van der Waals surface area (Å²) in [5.41, 5.74) is 2.07. The second kappa shape index (κ2) is 7.25. The first kappa shape index (κ1) is 16.8. The van der Waals surface area contributed by atoms with Crippen LogP contribution in [-0.4, -0.2) is 43.5 Å². The monoisotopic (exact) mass is 340 g/mol. The number of nitrogens with zero attached hydrogens (tertiary/aromatic N) is 1. The number of carbonyl (C=O) groups excluding carboxylic acids is 2. The van der Waals surface area contributed by atoms with Gasteiger partial charge in [-0.2, -0.15) is 0 Å². The summed E-state index contributed by atoms with van der Waals surface area (Å²) in [6.45, 7) is 2.83. The predicted octanol–water partition coefficient (Wildman–Crippen LogP) is 2.48. The van der Waals surface area contributed by atoms with E-state index < -0.39 is 0 Å². The van der Waals surface area contributed by atoms with Gasteiger partial charge in [0.15, 0.2) is 6.61 Å². The summed E-state index contributed by atoms with van der Waals surface area (Å²) in [6, 6.07) is 12.8. The van der Waals surface area contributed by atoms with Crippen LogP contribution in [0.25, 0.3) is 0 Å². The number of hydrogen-bond acceptors (Lipinski definition) is 4.